The minimum absolute atomic E-state index is 0. The molecule has 7 heteroatoms. The quantitative estimate of drug-likeness (QED) is 0.232. The largest absolute Gasteiger partial charge is 3.00 e. The molecule has 0 heterocycles. The molecule has 0 rings (SSSR count). The van der Waals surface area contributed by atoms with Crippen LogP contribution in [0.25, 0.3) is 0 Å². The van der Waals surface area contributed by atoms with Crippen molar-refractivity contribution in [3.05, 3.63) is 35.5 Å². The average molecular weight is 605 g/mol. The summed E-state index contributed by atoms with van der Waals surface area (Å²) in [7, 11) is 0. The van der Waals surface area contributed by atoms with Crippen molar-refractivity contribution in [1.82, 2.24) is 0 Å². The fourth-order valence-electron chi connectivity index (χ4n) is 1.66. The van der Waals surface area contributed by atoms with Gasteiger partial charge in [-0.25, -0.2) is 0 Å². The van der Waals surface area contributed by atoms with E-state index in [-0.39, 0.29) is 51.7 Å². The molecule has 0 unspecified atom stereocenters. The third-order valence-electron chi connectivity index (χ3n) is 5.22. The van der Waals surface area contributed by atoms with E-state index in [1.165, 1.54) is 18.2 Å². The average Bonchev–Trinajstić information content (AvgIpc) is 2.64. The first-order valence-corrected chi connectivity index (χ1v) is 13.5. The summed E-state index contributed by atoms with van der Waals surface area (Å²) in [5, 5.41) is 34.3. The van der Waals surface area contributed by atoms with Crippen LogP contribution in [0, 0.1) is 32.5 Å². The van der Waals surface area contributed by atoms with Gasteiger partial charge in [0.05, 0.1) is 0 Å². The summed E-state index contributed by atoms with van der Waals surface area (Å²) >= 11 is 0. The molecule has 6 nitrogen and oxygen atoms in total. The van der Waals surface area contributed by atoms with Crippen LogP contribution in [0.1, 0.15) is 125 Å². The first-order chi connectivity index (χ1) is 16.6. The van der Waals surface area contributed by atoms with Gasteiger partial charge >= 0.3 is 17.1 Å². The van der Waals surface area contributed by atoms with E-state index in [1.54, 1.807) is 0 Å². The third-order valence-corrected chi connectivity index (χ3v) is 5.22. The molecule has 0 aromatic heterocycles. The number of hydrogen-bond acceptors (Lipinski definition) is 6. The molecule has 40 heavy (non-hydrogen) atoms. The minimum atomic E-state index is -0.457. The molecule has 0 radical (unpaired) electrons. The summed E-state index contributed by atoms with van der Waals surface area (Å²) in [5.41, 5.74) is -2.74. The summed E-state index contributed by atoms with van der Waals surface area (Å²) in [6.07, 6.45) is 3.67. The maximum Gasteiger partial charge on any atom is 3.00 e. The molecule has 0 saturated heterocycles. The van der Waals surface area contributed by atoms with Gasteiger partial charge in [-0.3, -0.25) is 14.4 Å². The van der Waals surface area contributed by atoms with Gasteiger partial charge in [0, 0.05) is 16.2 Å². The van der Waals surface area contributed by atoms with E-state index in [0.717, 1.165) is 0 Å². The fraction of sp³-hybridized carbons (Fsp3) is 0.727. The molecule has 0 saturated carbocycles. The summed E-state index contributed by atoms with van der Waals surface area (Å²) in [5.74, 6) is -0.625. The van der Waals surface area contributed by atoms with Gasteiger partial charge in [0.1, 0.15) is 0 Å². The number of hydrogen-bond donors (Lipinski definition) is 0. The Morgan fingerprint density at radius 1 is 0.350 bits per heavy atom. The zero-order valence-corrected chi connectivity index (χ0v) is 29.7. The van der Waals surface area contributed by atoms with Crippen LogP contribution >= 0.6 is 0 Å². The molecule has 0 N–H and O–H groups in total. The Kier molecular flexibility index (Phi) is 18.0. The van der Waals surface area contributed by atoms with Gasteiger partial charge < -0.3 is 15.3 Å². The van der Waals surface area contributed by atoms with Crippen LogP contribution < -0.4 is 15.3 Å². The molecule has 0 fully saturated rings. The number of allylic oxidation sites excluding steroid dienone is 6. The molecule has 0 aliphatic carbocycles. The number of rotatable bonds is 3. The smallest absolute Gasteiger partial charge is 0.875 e. The Bertz CT molecular complexity index is 801. The van der Waals surface area contributed by atoms with Gasteiger partial charge in [-0.1, -0.05) is 125 Å². The van der Waals surface area contributed by atoms with E-state index >= 15 is 0 Å². The standard InChI is InChI=1S/3C11H20O2.Mn/c3*1-10(2,3)8(12)7-9(13)11(4,5)6;/h3*7,12H,1-6H3;/q;;;+3/p-3. The Morgan fingerprint density at radius 3 is 0.550 bits per heavy atom. The van der Waals surface area contributed by atoms with E-state index in [0.29, 0.717) is 0 Å². The van der Waals surface area contributed by atoms with Crippen molar-refractivity contribution in [2.75, 3.05) is 0 Å². The Labute approximate surface area is 256 Å². The SMILES string of the molecule is CC(C)(C)C(=O)C=C([O-])C(C)(C)C.CC(C)(C)C(=O)C=C([O-])C(C)(C)C.CC(C)(C)C(=O)C=C([O-])C(C)(C)C.[Mn+3]. The molecular formula is C33H57MnO6. The van der Waals surface area contributed by atoms with Crippen LogP contribution in [0.4, 0.5) is 0 Å². The zero-order valence-electron chi connectivity index (χ0n) is 28.6. The second-order valence-electron chi connectivity index (χ2n) is 16.1. The summed E-state index contributed by atoms with van der Waals surface area (Å²) < 4.78 is 0. The Hall–Kier alpha value is -1.85. The van der Waals surface area contributed by atoms with Gasteiger partial charge in [0.25, 0.3) is 0 Å². The third kappa shape index (κ3) is 21.0. The Morgan fingerprint density at radius 2 is 0.475 bits per heavy atom. The maximum atomic E-state index is 11.4. The first-order valence-electron chi connectivity index (χ1n) is 13.5. The fourth-order valence-corrected chi connectivity index (χ4v) is 1.66. The first kappa shape index (κ1) is 45.1. The van der Waals surface area contributed by atoms with Gasteiger partial charge in [0.2, 0.25) is 0 Å². The molecule has 0 aromatic rings. The maximum absolute atomic E-state index is 11.4. The van der Waals surface area contributed by atoms with Crippen LogP contribution in [0.15, 0.2) is 35.5 Å². The molecule has 0 aliphatic rings. The molecule has 0 aliphatic heterocycles. The van der Waals surface area contributed by atoms with Crippen molar-refractivity contribution in [2.24, 2.45) is 32.5 Å². The topological polar surface area (TPSA) is 120 Å². The van der Waals surface area contributed by atoms with E-state index in [4.69, 9.17) is 0 Å². The minimum Gasteiger partial charge on any atom is -0.875 e. The predicted octanol–water partition coefficient (Wildman–Crippen LogP) is 5.67. The van der Waals surface area contributed by atoms with Gasteiger partial charge in [-0.05, 0) is 34.5 Å². The zero-order chi connectivity index (χ0) is 32.6. The molecule has 0 amide bonds. The Balaban J connectivity index is -0.000000240. The van der Waals surface area contributed by atoms with Crippen molar-refractivity contribution < 1.29 is 46.8 Å². The number of ketones is 3. The molecule has 0 spiro atoms. The van der Waals surface area contributed by atoms with Gasteiger partial charge in [-0.2, -0.15) is 0 Å². The van der Waals surface area contributed by atoms with Crippen LogP contribution in [0.3, 0.4) is 0 Å². The molecule has 0 aromatic carbocycles. The second kappa shape index (κ2) is 16.0. The van der Waals surface area contributed by atoms with Crippen LogP contribution in [-0.4, -0.2) is 17.3 Å². The van der Waals surface area contributed by atoms with E-state index < -0.39 is 32.5 Å². The summed E-state index contributed by atoms with van der Waals surface area (Å²) in [4.78, 5) is 34.3. The van der Waals surface area contributed by atoms with E-state index in [2.05, 4.69) is 0 Å². The molecule has 232 valence electrons. The van der Waals surface area contributed by atoms with Crippen molar-refractivity contribution in [1.29, 1.82) is 0 Å². The molecular weight excluding hydrogens is 547 g/mol. The van der Waals surface area contributed by atoms with E-state index in [1.807, 2.05) is 125 Å². The number of carbonyl (C=O) groups excluding carboxylic acids is 3. The molecule has 0 atom stereocenters. The van der Waals surface area contributed by atoms with Crippen LogP contribution in [-0.2, 0) is 31.5 Å². The van der Waals surface area contributed by atoms with Crippen LogP contribution in [0.5, 0.6) is 0 Å². The van der Waals surface area contributed by atoms with Gasteiger partial charge in [-0.15, -0.1) is 17.3 Å². The second-order valence-corrected chi connectivity index (χ2v) is 16.1. The van der Waals surface area contributed by atoms with Crippen LogP contribution in [0.2, 0.25) is 0 Å². The summed E-state index contributed by atoms with van der Waals surface area (Å²) in [6.45, 7) is 32.5. The number of carbonyl (C=O) groups is 3. The normalized spacial score (nSPS) is 14.1. The van der Waals surface area contributed by atoms with Gasteiger partial charge in [0.15, 0.2) is 17.3 Å². The van der Waals surface area contributed by atoms with E-state index in [9.17, 15) is 29.7 Å². The van der Waals surface area contributed by atoms with Crippen molar-refractivity contribution in [3.8, 4) is 0 Å². The summed E-state index contributed by atoms with van der Waals surface area (Å²) in [6, 6.07) is 0. The van der Waals surface area contributed by atoms with Crippen molar-refractivity contribution in [2.45, 2.75) is 125 Å². The van der Waals surface area contributed by atoms with Crippen molar-refractivity contribution >= 4 is 17.3 Å². The predicted molar refractivity (Wildman–Crippen MR) is 156 cm³/mol. The molecule has 0 bridgehead atoms. The monoisotopic (exact) mass is 604 g/mol. The van der Waals surface area contributed by atoms with Crippen molar-refractivity contribution in [3.63, 3.8) is 0 Å².